The second-order valence-corrected chi connectivity index (χ2v) is 7.83. The lowest BCUT2D eigenvalue weighted by atomic mass is 10.0. The SMILES string of the molecule is O=C(NCC1CN(c2ccc(-c3ccncc3)nn2)C1)NC1CCCCCC1. The summed E-state index contributed by atoms with van der Waals surface area (Å²) in [6.45, 7) is 2.50. The van der Waals surface area contributed by atoms with E-state index >= 15 is 0 Å². The van der Waals surface area contributed by atoms with Crippen molar-refractivity contribution < 1.29 is 4.79 Å². The van der Waals surface area contributed by atoms with E-state index in [0.717, 1.165) is 43.0 Å². The van der Waals surface area contributed by atoms with E-state index in [1.165, 1.54) is 25.7 Å². The summed E-state index contributed by atoms with van der Waals surface area (Å²) in [6, 6.07) is 8.17. The first-order chi connectivity index (χ1) is 13.8. The molecule has 28 heavy (non-hydrogen) atoms. The Bertz CT molecular complexity index is 752. The normalized spacial score (nSPS) is 18.2. The van der Waals surface area contributed by atoms with Gasteiger partial charge in [-0.1, -0.05) is 25.7 Å². The van der Waals surface area contributed by atoms with Crippen molar-refractivity contribution in [2.75, 3.05) is 24.5 Å². The summed E-state index contributed by atoms with van der Waals surface area (Å²) < 4.78 is 0. The number of carbonyl (C=O) groups is 1. The molecule has 2 aliphatic rings. The lowest BCUT2D eigenvalue weighted by molar-refractivity contribution is 0.232. The van der Waals surface area contributed by atoms with Crippen LogP contribution in [-0.2, 0) is 0 Å². The minimum absolute atomic E-state index is 0.0214. The van der Waals surface area contributed by atoms with Crippen LogP contribution in [0.3, 0.4) is 0 Å². The third kappa shape index (κ3) is 4.77. The van der Waals surface area contributed by atoms with Crippen LogP contribution in [0.1, 0.15) is 38.5 Å². The number of nitrogens with zero attached hydrogens (tertiary/aromatic N) is 4. The molecule has 0 unspecified atom stereocenters. The topological polar surface area (TPSA) is 83.0 Å². The fraction of sp³-hybridized carbons (Fsp3) is 0.524. The van der Waals surface area contributed by atoms with Crippen molar-refractivity contribution in [3.63, 3.8) is 0 Å². The zero-order chi connectivity index (χ0) is 19.2. The van der Waals surface area contributed by atoms with Crippen molar-refractivity contribution >= 4 is 11.8 Å². The predicted molar refractivity (Wildman–Crippen MR) is 109 cm³/mol. The smallest absolute Gasteiger partial charge is 0.315 e. The summed E-state index contributed by atoms with van der Waals surface area (Å²) in [5.74, 6) is 1.35. The van der Waals surface area contributed by atoms with Crippen LogP contribution in [0.15, 0.2) is 36.7 Å². The molecule has 0 spiro atoms. The van der Waals surface area contributed by atoms with E-state index in [0.29, 0.717) is 18.5 Å². The Labute approximate surface area is 166 Å². The fourth-order valence-electron chi connectivity index (χ4n) is 3.95. The van der Waals surface area contributed by atoms with Gasteiger partial charge < -0.3 is 15.5 Å². The van der Waals surface area contributed by atoms with Gasteiger partial charge in [-0.2, -0.15) is 0 Å². The highest BCUT2D eigenvalue weighted by Gasteiger charge is 2.28. The number of nitrogens with one attached hydrogen (secondary N) is 2. The van der Waals surface area contributed by atoms with Gasteiger partial charge in [0.25, 0.3) is 0 Å². The van der Waals surface area contributed by atoms with Crippen LogP contribution < -0.4 is 15.5 Å². The number of hydrogen-bond donors (Lipinski definition) is 2. The average Bonchev–Trinajstić information content (AvgIpc) is 2.96. The first-order valence-corrected chi connectivity index (χ1v) is 10.3. The molecule has 4 rings (SSSR count). The lowest BCUT2D eigenvalue weighted by Gasteiger charge is -2.40. The number of urea groups is 1. The summed E-state index contributed by atoms with van der Waals surface area (Å²) in [5, 5.41) is 14.8. The molecule has 3 heterocycles. The lowest BCUT2D eigenvalue weighted by Crippen LogP contribution is -2.53. The molecule has 2 aromatic rings. The third-order valence-electron chi connectivity index (χ3n) is 5.65. The molecule has 2 fully saturated rings. The molecule has 0 atom stereocenters. The minimum Gasteiger partial charge on any atom is -0.354 e. The number of carbonyl (C=O) groups excluding carboxylic acids is 1. The number of rotatable bonds is 5. The first-order valence-electron chi connectivity index (χ1n) is 10.3. The Morgan fingerprint density at radius 2 is 1.75 bits per heavy atom. The molecule has 2 N–H and O–H groups in total. The zero-order valence-corrected chi connectivity index (χ0v) is 16.2. The van der Waals surface area contributed by atoms with E-state index in [4.69, 9.17) is 0 Å². The van der Waals surface area contributed by atoms with Crippen LogP contribution in [-0.4, -0.2) is 46.9 Å². The summed E-state index contributed by atoms with van der Waals surface area (Å²) in [6.07, 6.45) is 10.8. The average molecular weight is 380 g/mol. The maximum Gasteiger partial charge on any atom is 0.315 e. The summed E-state index contributed by atoms with van der Waals surface area (Å²) in [5.41, 5.74) is 1.86. The minimum atomic E-state index is -0.0214. The Hall–Kier alpha value is -2.70. The van der Waals surface area contributed by atoms with E-state index in [-0.39, 0.29) is 6.03 Å². The van der Waals surface area contributed by atoms with Gasteiger partial charge in [-0.15, -0.1) is 10.2 Å². The van der Waals surface area contributed by atoms with E-state index in [1.807, 2.05) is 24.3 Å². The molecule has 7 nitrogen and oxygen atoms in total. The molecule has 1 aliphatic heterocycles. The van der Waals surface area contributed by atoms with Crippen molar-refractivity contribution in [3.05, 3.63) is 36.7 Å². The molecular weight excluding hydrogens is 352 g/mol. The highest BCUT2D eigenvalue weighted by atomic mass is 16.2. The molecule has 1 aliphatic carbocycles. The standard InChI is InChI=1S/C21H28N6O/c28-21(24-18-5-3-1-2-4-6-18)23-13-16-14-27(15-16)20-8-7-19(25-26-20)17-9-11-22-12-10-17/h7-12,16,18H,1-6,13-15H2,(H2,23,24,28). The third-order valence-corrected chi connectivity index (χ3v) is 5.65. The van der Waals surface area contributed by atoms with E-state index in [1.54, 1.807) is 12.4 Å². The zero-order valence-electron chi connectivity index (χ0n) is 16.2. The monoisotopic (exact) mass is 380 g/mol. The molecule has 1 saturated heterocycles. The van der Waals surface area contributed by atoms with Crippen LogP contribution in [0.5, 0.6) is 0 Å². The van der Waals surface area contributed by atoms with Crippen LogP contribution in [0.4, 0.5) is 10.6 Å². The molecule has 0 radical (unpaired) electrons. The highest BCUT2D eigenvalue weighted by Crippen LogP contribution is 2.23. The van der Waals surface area contributed by atoms with E-state index in [9.17, 15) is 4.79 Å². The second-order valence-electron chi connectivity index (χ2n) is 7.83. The van der Waals surface area contributed by atoms with Crippen molar-refractivity contribution in [3.8, 4) is 11.3 Å². The molecule has 0 bridgehead atoms. The molecule has 7 heteroatoms. The summed E-state index contributed by atoms with van der Waals surface area (Å²) >= 11 is 0. The van der Waals surface area contributed by atoms with Gasteiger partial charge in [0, 0.05) is 49.6 Å². The molecule has 1 saturated carbocycles. The van der Waals surface area contributed by atoms with Gasteiger partial charge in [0.15, 0.2) is 5.82 Å². The van der Waals surface area contributed by atoms with Gasteiger partial charge >= 0.3 is 6.03 Å². The van der Waals surface area contributed by atoms with Crippen LogP contribution in [0, 0.1) is 5.92 Å². The Morgan fingerprint density at radius 3 is 2.43 bits per heavy atom. The van der Waals surface area contributed by atoms with E-state index < -0.39 is 0 Å². The molecule has 2 amide bonds. The number of amides is 2. The molecule has 2 aromatic heterocycles. The molecule has 148 valence electrons. The van der Waals surface area contributed by atoms with Crippen LogP contribution >= 0.6 is 0 Å². The van der Waals surface area contributed by atoms with Gasteiger partial charge in [0.2, 0.25) is 0 Å². The maximum absolute atomic E-state index is 12.1. The van der Waals surface area contributed by atoms with Crippen molar-refractivity contribution in [1.29, 1.82) is 0 Å². The van der Waals surface area contributed by atoms with Gasteiger partial charge in [0.05, 0.1) is 5.69 Å². The van der Waals surface area contributed by atoms with Crippen LogP contribution in [0.25, 0.3) is 11.3 Å². The van der Waals surface area contributed by atoms with Gasteiger partial charge in [-0.3, -0.25) is 4.98 Å². The Morgan fingerprint density at radius 1 is 1.00 bits per heavy atom. The number of aromatic nitrogens is 3. The number of pyridine rings is 1. The number of anilines is 1. The summed E-state index contributed by atoms with van der Waals surface area (Å²) in [4.78, 5) is 18.3. The van der Waals surface area contributed by atoms with Crippen molar-refractivity contribution in [2.24, 2.45) is 5.92 Å². The van der Waals surface area contributed by atoms with Gasteiger partial charge in [-0.05, 0) is 37.1 Å². The van der Waals surface area contributed by atoms with Crippen LogP contribution in [0.2, 0.25) is 0 Å². The first kappa shape index (κ1) is 18.7. The maximum atomic E-state index is 12.1. The van der Waals surface area contributed by atoms with Gasteiger partial charge in [-0.25, -0.2) is 4.79 Å². The molecule has 0 aromatic carbocycles. The van der Waals surface area contributed by atoms with Crippen molar-refractivity contribution in [1.82, 2.24) is 25.8 Å². The van der Waals surface area contributed by atoms with Crippen molar-refractivity contribution in [2.45, 2.75) is 44.6 Å². The predicted octanol–water partition coefficient (Wildman–Crippen LogP) is 3.00. The second kappa shape index (κ2) is 8.99. The highest BCUT2D eigenvalue weighted by molar-refractivity contribution is 5.74. The molecular formula is C21H28N6O. The largest absolute Gasteiger partial charge is 0.354 e. The fourth-order valence-corrected chi connectivity index (χ4v) is 3.95. The van der Waals surface area contributed by atoms with Gasteiger partial charge in [0.1, 0.15) is 0 Å². The quantitative estimate of drug-likeness (QED) is 0.779. The van der Waals surface area contributed by atoms with E-state index in [2.05, 4.69) is 30.7 Å². The summed E-state index contributed by atoms with van der Waals surface area (Å²) in [7, 11) is 0. The Balaban J connectivity index is 1.19. The Kier molecular flexibility index (Phi) is 5.99. The number of hydrogen-bond acceptors (Lipinski definition) is 5.